The molecule has 0 radical (unpaired) electrons. The number of nitrogens with zero attached hydrogens (tertiary/aromatic N) is 2. The first-order valence-corrected chi connectivity index (χ1v) is 6.31. The lowest BCUT2D eigenvalue weighted by Crippen LogP contribution is -2.34. The molecule has 1 fully saturated rings. The predicted octanol–water partition coefficient (Wildman–Crippen LogP) is 0.570. The van der Waals surface area contributed by atoms with Crippen molar-refractivity contribution in [3.8, 4) is 0 Å². The first-order valence-electron chi connectivity index (χ1n) is 6.31. The van der Waals surface area contributed by atoms with E-state index in [0.717, 1.165) is 38.0 Å². The van der Waals surface area contributed by atoms with Crippen molar-refractivity contribution in [2.45, 2.75) is 19.4 Å². The van der Waals surface area contributed by atoms with Gasteiger partial charge in [0.2, 0.25) is 0 Å². The number of rotatable bonds is 4. The Bertz CT molecular complexity index is 413. The molecule has 5 nitrogen and oxygen atoms in total. The summed E-state index contributed by atoms with van der Waals surface area (Å²) in [7, 11) is 0. The highest BCUT2D eigenvalue weighted by molar-refractivity contribution is 5.93. The van der Waals surface area contributed by atoms with Gasteiger partial charge in [-0.15, -0.1) is 0 Å². The number of hydrogen-bond acceptors (Lipinski definition) is 4. The predicted molar refractivity (Wildman–Crippen MR) is 70.3 cm³/mol. The molecule has 0 aliphatic carbocycles. The van der Waals surface area contributed by atoms with Crippen molar-refractivity contribution >= 4 is 5.84 Å². The smallest absolute Gasteiger partial charge is 0.141 e. The Labute approximate surface area is 107 Å². The zero-order chi connectivity index (χ0) is 13.0. The first kappa shape index (κ1) is 13.0. The average molecular weight is 248 g/mol. The average Bonchev–Trinajstić information content (AvgIpc) is 2.40. The molecule has 1 aromatic heterocycles. The van der Waals surface area contributed by atoms with Gasteiger partial charge in [-0.1, -0.05) is 0 Å². The fourth-order valence-electron chi connectivity index (χ4n) is 2.31. The lowest BCUT2D eigenvalue weighted by Gasteiger charge is -2.31. The highest BCUT2D eigenvalue weighted by Crippen LogP contribution is 2.18. The molecule has 0 spiro atoms. The molecule has 98 valence electrons. The molecule has 0 atom stereocenters. The molecule has 4 N–H and O–H groups in total. The Hall–Kier alpha value is -1.46. The van der Waals surface area contributed by atoms with Gasteiger partial charge in [0.25, 0.3) is 0 Å². The Morgan fingerprint density at radius 2 is 2.22 bits per heavy atom. The second kappa shape index (κ2) is 5.93. The van der Waals surface area contributed by atoms with E-state index in [1.54, 1.807) is 6.20 Å². The maximum absolute atomic E-state index is 9.10. The Balaban J connectivity index is 1.94. The third kappa shape index (κ3) is 3.27. The number of piperidine rings is 1. The zero-order valence-electron chi connectivity index (χ0n) is 10.5. The zero-order valence-corrected chi connectivity index (χ0v) is 10.5. The summed E-state index contributed by atoms with van der Waals surface area (Å²) in [4.78, 5) is 6.42. The van der Waals surface area contributed by atoms with Crippen LogP contribution >= 0.6 is 0 Å². The van der Waals surface area contributed by atoms with E-state index >= 15 is 0 Å². The van der Waals surface area contributed by atoms with E-state index in [-0.39, 0.29) is 5.84 Å². The van der Waals surface area contributed by atoms with Crippen LogP contribution < -0.4 is 5.73 Å². The summed E-state index contributed by atoms with van der Waals surface area (Å²) < 4.78 is 0. The highest BCUT2D eigenvalue weighted by Gasteiger charge is 2.18. The van der Waals surface area contributed by atoms with Gasteiger partial charge in [-0.25, -0.2) is 0 Å². The molecule has 2 rings (SSSR count). The molecule has 1 aromatic rings. The Kier molecular flexibility index (Phi) is 4.28. The van der Waals surface area contributed by atoms with E-state index in [2.05, 4.69) is 9.88 Å². The minimum absolute atomic E-state index is 0.0100. The fraction of sp³-hybridized carbons (Fsp3) is 0.538. The van der Waals surface area contributed by atoms with Crippen molar-refractivity contribution in [2.24, 2.45) is 11.7 Å². The molecule has 5 heteroatoms. The van der Waals surface area contributed by atoms with Gasteiger partial charge in [-0.3, -0.25) is 15.3 Å². The summed E-state index contributed by atoms with van der Waals surface area (Å²) in [5.74, 6) is 0.474. The van der Waals surface area contributed by atoms with Gasteiger partial charge in [-0.05, 0) is 49.5 Å². The highest BCUT2D eigenvalue weighted by atomic mass is 16.3. The van der Waals surface area contributed by atoms with Gasteiger partial charge >= 0.3 is 0 Å². The second-order valence-electron chi connectivity index (χ2n) is 4.87. The molecule has 0 saturated carbocycles. The Morgan fingerprint density at radius 1 is 1.50 bits per heavy atom. The van der Waals surface area contributed by atoms with E-state index in [1.807, 2.05) is 12.1 Å². The van der Waals surface area contributed by atoms with Crippen LogP contribution in [0.15, 0.2) is 18.3 Å². The van der Waals surface area contributed by atoms with Crippen LogP contribution in [-0.2, 0) is 6.54 Å². The van der Waals surface area contributed by atoms with Crippen LogP contribution in [0, 0.1) is 11.3 Å². The number of likely N-dealkylation sites (tertiary alicyclic amines) is 1. The SMILES string of the molecule is N=C(N)c1cc(CN2CCC(CO)CC2)ccn1. The largest absolute Gasteiger partial charge is 0.396 e. The summed E-state index contributed by atoms with van der Waals surface area (Å²) in [6.07, 6.45) is 3.81. The van der Waals surface area contributed by atoms with Crippen molar-refractivity contribution < 1.29 is 5.11 Å². The van der Waals surface area contributed by atoms with Crippen LogP contribution in [0.5, 0.6) is 0 Å². The lowest BCUT2D eigenvalue weighted by molar-refractivity contribution is 0.127. The van der Waals surface area contributed by atoms with Gasteiger partial charge < -0.3 is 10.8 Å². The number of aliphatic hydroxyl groups excluding tert-OH is 1. The van der Waals surface area contributed by atoms with Crippen LogP contribution in [-0.4, -0.2) is 40.5 Å². The molecule has 1 aliphatic heterocycles. The van der Waals surface area contributed by atoms with E-state index in [9.17, 15) is 0 Å². The summed E-state index contributed by atoms with van der Waals surface area (Å²) in [5.41, 5.74) is 7.11. The summed E-state index contributed by atoms with van der Waals surface area (Å²) in [6.45, 7) is 3.20. The molecule has 0 unspecified atom stereocenters. The van der Waals surface area contributed by atoms with Gasteiger partial charge in [0, 0.05) is 19.3 Å². The topological polar surface area (TPSA) is 86.2 Å². The molecular weight excluding hydrogens is 228 g/mol. The van der Waals surface area contributed by atoms with Gasteiger partial charge in [0.15, 0.2) is 0 Å². The number of nitrogens with two attached hydrogens (primary N) is 1. The monoisotopic (exact) mass is 248 g/mol. The van der Waals surface area contributed by atoms with Crippen molar-refractivity contribution in [3.05, 3.63) is 29.6 Å². The molecule has 0 bridgehead atoms. The molecule has 1 aliphatic rings. The maximum atomic E-state index is 9.10. The van der Waals surface area contributed by atoms with Crippen molar-refractivity contribution in [1.82, 2.24) is 9.88 Å². The van der Waals surface area contributed by atoms with Gasteiger partial charge in [-0.2, -0.15) is 0 Å². The summed E-state index contributed by atoms with van der Waals surface area (Å²) in [6, 6.07) is 3.84. The third-order valence-electron chi connectivity index (χ3n) is 3.47. The minimum atomic E-state index is 0.0100. The number of hydrogen-bond donors (Lipinski definition) is 3. The van der Waals surface area contributed by atoms with E-state index < -0.39 is 0 Å². The van der Waals surface area contributed by atoms with Crippen LogP contribution in [0.4, 0.5) is 0 Å². The molecule has 2 heterocycles. The molecule has 1 saturated heterocycles. The number of pyridine rings is 1. The summed E-state index contributed by atoms with van der Waals surface area (Å²) in [5, 5.41) is 16.5. The van der Waals surface area contributed by atoms with Crippen LogP contribution in [0.1, 0.15) is 24.1 Å². The number of aliphatic hydroxyl groups is 1. The van der Waals surface area contributed by atoms with Crippen LogP contribution in [0.25, 0.3) is 0 Å². The van der Waals surface area contributed by atoms with Crippen molar-refractivity contribution in [3.63, 3.8) is 0 Å². The number of nitrogens with one attached hydrogen (secondary N) is 1. The molecule has 0 amide bonds. The summed E-state index contributed by atoms with van der Waals surface area (Å²) >= 11 is 0. The van der Waals surface area contributed by atoms with E-state index in [1.165, 1.54) is 0 Å². The van der Waals surface area contributed by atoms with E-state index in [0.29, 0.717) is 18.2 Å². The maximum Gasteiger partial charge on any atom is 0.141 e. The van der Waals surface area contributed by atoms with E-state index in [4.69, 9.17) is 16.2 Å². The number of amidine groups is 1. The van der Waals surface area contributed by atoms with Crippen LogP contribution in [0.3, 0.4) is 0 Å². The number of aromatic nitrogens is 1. The third-order valence-corrected chi connectivity index (χ3v) is 3.47. The van der Waals surface area contributed by atoms with Gasteiger partial charge in [0.05, 0.1) is 0 Å². The molecule has 18 heavy (non-hydrogen) atoms. The van der Waals surface area contributed by atoms with Crippen molar-refractivity contribution in [1.29, 1.82) is 5.41 Å². The molecule has 0 aromatic carbocycles. The second-order valence-corrected chi connectivity index (χ2v) is 4.87. The normalized spacial score (nSPS) is 17.8. The Morgan fingerprint density at radius 3 is 2.83 bits per heavy atom. The lowest BCUT2D eigenvalue weighted by atomic mass is 9.97. The fourth-order valence-corrected chi connectivity index (χ4v) is 2.31. The quantitative estimate of drug-likeness (QED) is 0.537. The standard InChI is InChI=1S/C13H20N4O/c14-13(15)12-7-11(1-4-16-12)8-17-5-2-10(9-18)3-6-17/h1,4,7,10,18H,2-3,5-6,8-9H2,(H3,14,15). The first-order chi connectivity index (χ1) is 8.69. The van der Waals surface area contributed by atoms with Gasteiger partial charge in [0.1, 0.15) is 11.5 Å². The molecular formula is C13H20N4O. The number of nitrogen functional groups attached to an aromatic ring is 1. The van der Waals surface area contributed by atoms with Crippen molar-refractivity contribution in [2.75, 3.05) is 19.7 Å². The minimum Gasteiger partial charge on any atom is -0.396 e. The van der Waals surface area contributed by atoms with Crippen LogP contribution in [0.2, 0.25) is 0 Å².